The average molecular weight is 361 g/mol. The van der Waals surface area contributed by atoms with Gasteiger partial charge in [-0.3, -0.25) is 4.99 Å². The van der Waals surface area contributed by atoms with Crippen molar-refractivity contribution in [3.8, 4) is 5.69 Å². The van der Waals surface area contributed by atoms with Crippen molar-refractivity contribution in [3.05, 3.63) is 83.2 Å². The highest BCUT2D eigenvalue weighted by Crippen LogP contribution is 2.10. The molecule has 0 bridgehead atoms. The Kier molecular flexibility index (Phi) is 6.26. The van der Waals surface area contributed by atoms with E-state index in [-0.39, 0.29) is 0 Å². The molecule has 0 saturated carbocycles. The van der Waals surface area contributed by atoms with Gasteiger partial charge in [-0.25, -0.2) is 4.68 Å². The number of hydrogen-bond acceptors (Lipinski definition) is 2. The molecule has 3 aromatic rings. The van der Waals surface area contributed by atoms with Crippen molar-refractivity contribution in [3.63, 3.8) is 0 Å². The Morgan fingerprint density at radius 1 is 1.07 bits per heavy atom. The molecule has 0 aliphatic heterocycles. The summed E-state index contributed by atoms with van der Waals surface area (Å²) in [4.78, 5) is 4.31. The van der Waals surface area contributed by atoms with Crippen LogP contribution in [0.25, 0.3) is 5.69 Å². The van der Waals surface area contributed by atoms with Gasteiger partial charge in [0.15, 0.2) is 5.96 Å². The number of hydrogen-bond donors (Lipinski definition) is 2. The first-order valence-corrected chi connectivity index (χ1v) is 9.25. The van der Waals surface area contributed by atoms with Gasteiger partial charge in [0.05, 0.1) is 11.9 Å². The van der Waals surface area contributed by atoms with Crippen molar-refractivity contribution in [1.29, 1.82) is 0 Å². The van der Waals surface area contributed by atoms with Crippen LogP contribution in [0.4, 0.5) is 0 Å². The minimum absolute atomic E-state index is 0.762. The van der Waals surface area contributed by atoms with Crippen LogP contribution in [0.5, 0.6) is 0 Å². The van der Waals surface area contributed by atoms with E-state index in [0.29, 0.717) is 0 Å². The quantitative estimate of drug-likeness (QED) is 0.523. The first kappa shape index (κ1) is 18.7. The molecule has 5 heteroatoms. The van der Waals surface area contributed by atoms with E-state index < -0.39 is 0 Å². The SMILES string of the molecule is CN=C(NCCc1cnn(-c2ccccc2)c1)NCc1ccc(C)cc1C. The number of aromatic nitrogens is 2. The van der Waals surface area contributed by atoms with E-state index in [1.165, 1.54) is 22.3 Å². The summed E-state index contributed by atoms with van der Waals surface area (Å²) in [5, 5.41) is 11.2. The summed E-state index contributed by atoms with van der Waals surface area (Å²) in [5.41, 5.74) is 6.13. The van der Waals surface area contributed by atoms with Crippen LogP contribution >= 0.6 is 0 Å². The number of benzene rings is 2. The molecule has 2 aromatic carbocycles. The molecular weight excluding hydrogens is 334 g/mol. The Morgan fingerprint density at radius 2 is 1.89 bits per heavy atom. The highest BCUT2D eigenvalue weighted by atomic mass is 15.3. The van der Waals surface area contributed by atoms with E-state index >= 15 is 0 Å². The zero-order valence-electron chi connectivity index (χ0n) is 16.2. The molecule has 27 heavy (non-hydrogen) atoms. The molecule has 0 saturated heterocycles. The van der Waals surface area contributed by atoms with Crippen LogP contribution in [0.2, 0.25) is 0 Å². The van der Waals surface area contributed by atoms with Crippen LogP contribution in [-0.4, -0.2) is 29.3 Å². The van der Waals surface area contributed by atoms with Crippen molar-refractivity contribution in [2.24, 2.45) is 4.99 Å². The second-order valence-corrected chi connectivity index (χ2v) is 6.66. The summed E-state index contributed by atoms with van der Waals surface area (Å²) < 4.78 is 1.91. The first-order chi connectivity index (χ1) is 13.2. The fourth-order valence-corrected chi connectivity index (χ4v) is 2.98. The predicted octanol–water partition coefficient (Wildman–Crippen LogP) is 3.40. The molecule has 140 valence electrons. The Labute approximate surface area is 161 Å². The van der Waals surface area contributed by atoms with Crippen molar-refractivity contribution in [2.45, 2.75) is 26.8 Å². The van der Waals surface area contributed by atoms with Crippen LogP contribution in [0, 0.1) is 13.8 Å². The van der Waals surface area contributed by atoms with Crippen molar-refractivity contribution >= 4 is 5.96 Å². The Hall–Kier alpha value is -3.08. The number of nitrogens with one attached hydrogen (secondary N) is 2. The van der Waals surface area contributed by atoms with E-state index in [1.807, 2.05) is 41.2 Å². The van der Waals surface area contributed by atoms with Gasteiger partial charge in [0.1, 0.15) is 0 Å². The van der Waals surface area contributed by atoms with E-state index in [9.17, 15) is 0 Å². The van der Waals surface area contributed by atoms with E-state index in [2.05, 4.69) is 59.0 Å². The van der Waals surface area contributed by atoms with Crippen LogP contribution < -0.4 is 10.6 Å². The van der Waals surface area contributed by atoms with Gasteiger partial charge in [-0.15, -0.1) is 0 Å². The van der Waals surface area contributed by atoms with Crippen LogP contribution in [0.1, 0.15) is 22.3 Å². The van der Waals surface area contributed by atoms with Gasteiger partial charge in [-0.2, -0.15) is 5.10 Å². The second kappa shape index (κ2) is 9.03. The summed E-state index contributed by atoms with van der Waals surface area (Å²) in [6, 6.07) is 16.7. The number of guanidine groups is 1. The highest BCUT2D eigenvalue weighted by Gasteiger charge is 2.03. The number of nitrogens with zero attached hydrogens (tertiary/aromatic N) is 3. The molecule has 0 aliphatic rings. The van der Waals surface area contributed by atoms with Gasteiger partial charge in [0, 0.05) is 26.3 Å². The summed E-state index contributed by atoms with van der Waals surface area (Å²) in [6.45, 7) is 5.82. The van der Waals surface area contributed by atoms with Crippen molar-refractivity contribution in [2.75, 3.05) is 13.6 Å². The largest absolute Gasteiger partial charge is 0.356 e. The Balaban J connectivity index is 1.48. The molecule has 3 rings (SSSR count). The molecule has 0 atom stereocenters. The normalized spacial score (nSPS) is 11.4. The lowest BCUT2D eigenvalue weighted by Crippen LogP contribution is -2.38. The maximum absolute atomic E-state index is 4.44. The van der Waals surface area contributed by atoms with Crippen molar-refractivity contribution in [1.82, 2.24) is 20.4 Å². The van der Waals surface area contributed by atoms with Crippen LogP contribution in [0.15, 0.2) is 65.9 Å². The fraction of sp³-hybridized carbons (Fsp3) is 0.273. The summed E-state index contributed by atoms with van der Waals surface area (Å²) in [5.74, 6) is 0.811. The topological polar surface area (TPSA) is 54.2 Å². The standard InChI is InChI=1S/C22H27N5/c1-17-9-10-20(18(2)13-17)15-25-22(23-3)24-12-11-19-14-26-27(16-19)21-7-5-4-6-8-21/h4-10,13-14,16H,11-12,15H2,1-3H3,(H2,23,24,25). The first-order valence-electron chi connectivity index (χ1n) is 9.25. The fourth-order valence-electron chi connectivity index (χ4n) is 2.98. The van der Waals surface area contributed by atoms with Gasteiger partial charge in [-0.05, 0) is 49.1 Å². The van der Waals surface area contributed by atoms with E-state index in [1.54, 1.807) is 7.05 Å². The number of rotatable bonds is 6. The molecule has 0 unspecified atom stereocenters. The minimum Gasteiger partial charge on any atom is -0.356 e. The van der Waals surface area contributed by atoms with Gasteiger partial charge in [0.25, 0.3) is 0 Å². The number of para-hydroxylation sites is 1. The second-order valence-electron chi connectivity index (χ2n) is 6.66. The highest BCUT2D eigenvalue weighted by molar-refractivity contribution is 5.79. The predicted molar refractivity (Wildman–Crippen MR) is 111 cm³/mol. The molecule has 1 heterocycles. The molecule has 0 radical (unpaired) electrons. The van der Waals surface area contributed by atoms with E-state index in [4.69, 9.17) is 0 Å². The molecular formula is C22H27N5. The molecule has 0 fully saturated rings. The summed E-state index contributed by atoms with van der Waals surface area (Å²) >= 11 is 0. The Morgan fingerprint density at radius 3 is 2.63 bits per heavy atom. The smallest absolute Gasteiger partial charge is 0.191 e. The zero-order chi connectivity index (χ0) is 19.1. The van der Waals surface area contributed by atoms with E-state index in [0.717, 1.165) is 31.2 Å². The lowest BCUT2D eigenvalue weighted by atomic mass is 10.1. The molecule has 0 amide bonds. The van der Waals surface area contributed by atoms with Gasteiger partial charge in [0.2, 0.25) is 0 Å². The Bertz CT molecular complexity index is 896. The molecule has 0 aliphatic carbocycles. The lowest BCUT2D eigenvalue weighted by molar-refractivity contribution is 0.792. The average Bonchev–Trinajstić information content (AvgIpc) is 3.15. The zero-order valence-corrected chi connectivity index (χ0v) is 16.2. The molecule has 1 aromatic heterocycles. The number of aliphatic imine (C=N–C) groups is 1. The van der Waals surface area contributed by atoms with Crippen LogP contribution in [0.3, 0.4) is 0 Å². The van der Waals surface area contributed by atoms with Gasteiger partial charge in [-0.1, -0.05) is 42.0 Å². The number of aryl methyl sites for hydroxylation is 2. The molecule has 2 N–H and O–H groups in total. The summed E-state index contributed by atoms with van der Waals surface area (Å²) in [6.07, 6.45) is 4.88. The lowest BCUT2D eigenvalue weighted by Gasteiger charge is -2.13. The minimum atomic E-state index is 0.762. The molecule has 5 nitrogen and oxygen atoms in total. The van der Waals surface area contributed by atoms with Gasteiger partial charge >= 0.3 is 0 Å². The summed E-state index contributed by atoms with van der Waals surface area (Å²) in [7, 11) is 1.80. The monoisotopic (exact) mass is 361 g/mol. The maximum atomic E-state index is 4.44. The third-order valence-electron chi connectivity index (χ3n) is 4.53. The van der Waals surface area contributed by atoms with Gasteiger partial charge < -0.3 is 10.6 Å². The van der Waals surface area contributed by atoms with Crippen LogP contribution in [-0.2, 0) is 13.0 Å². The maximum Gasteiger partial charge on any atom is 0.191 e. The van der Waals surface area contributed by atoms with Crippen molar-refractivity contribution < 1.29 is 0 Å². The molecule has 0 spiro atoms. The third-order valence-corrected chi connectivity index (χ3v) is 4.53. The third kappa shape index (κ3) is 5.20.